The van der Waals surface area contributed by atoms with Crippen molar-refractivity contribution in [3.63, 3.8) is 0 Å². The van der Waals surface area contributed by atoms with E-state index in [-0.39, 0.29) is 17.2 Å². The number of rotatable bonds is 4. The van der Waals surface area contributed by atoms with Crippen molar-refractivity contribution in [1.82, 2.24) is 10.6 Å². The molecule has 2 rings (SSSR count). The molecule has 0 aliphatic carbocycles. The van der Waals surface area contributed by atoms with Crippen molar-refractivity contribution in [3.05, 3.63) is 22.4 Å². The number of amides is 1. The summed E-state index contributed by atoms with van der Waals surface area (Å²) in [6.45, 7) is 8.95. The number of hydrogen-bond donors (Lipinski definition) is 2. The van der Waals surface area contributed by atoms with E-state index in [2.05, 4.69) is 48.9 Å². The van der Waals surface area contributed by atoms with Crippen LogP contribution in [0.15, 0.2) is 17.5 Å². The Labute approximate surface area is 113 Å². The highest BCUT2D eigenvalue weighted by atomic mass is 32.1. The Morgan fingerprint density at radius 2 is 2.33 bits per heavy atom. The van der Waals surface area contributed by atoms with Crippen LogP contribution in [0.1, 0.15) is 25.6 Å². The molecule has 1 saturated heterocycles. The van der Waals surface area contributed by atoms with Crippen LogP contribution >= 0.6 is 11.3 Å². The highest BCUT2D eigenvalue weighted by molar-refractivity contribution is 7.10. The lowest BCUT2D eigenvalue weighted by atomic mass is 9.90. The van der Waals surface area contributed by atoms with Gasteiger partial charge in [-0.15, -0.1) is 11.3 Å². The van der Waals surface area contributed by atoms with E-state index in [4.69, 9.17) is 0 Å². The zero-order valence-corrected chi connectivity index (χ0v) is 12.1. The fourth-order valence-electron chi connectivity index (χ4n) is 2.35. The van der Waals surface area contributed by atoms with Crippen LogP contribution in [0.4, 0.5) is 0 Å². The molecular formula is C14H22N2OS. The van der Waals surface area contributed by atoms with Gasteiger partial charge >= 0.3 is 0 Å². The van der Waals surface area contributed by atoms with Gasteiger partial charge in [-0.3, -0.25) is 4.79 Å². The fraction of sp³-hybridized carbons (Fsp3) is 0.643. The summed E-state index contributed by atoms with van der Waals surface area (Å²) in [6, 6.07) is 4.20. The van der Waals surface area contributed by atoms with Gasteiger partial charge in [-0.2, -0.15) is 0 Å². The first-order valence-electron chi connectivity index (χ1n) is 6.53. The Balaban J connectivity index is 1.89. The van der Waals surface area contributed by atoms with Crippen molar-refractivity contribution < 1.29 is 4.79 Å². The summed E-state index contributed by atoms with van der Waals surface area (Å²) in [6.07, 6.45) is 0. The minimum absolute atomic E-state index is 0.0130. The van der Waals surface area contributed by atoms with E-state index < -0.39 is 0 Å². The van der Waals surface area contributed by atoms with Crippen molar-refractivity contribution in [3.8, 4) is 0 Å². The quantitative estimate of drug-likeness (QED) is 0.875. The number of hydrogen-bond acceptors (Lipinski definition) is 3. The third-order valence-corrected chi connectivity index (χ3v) is 4.98. The van der Waals surface area contributed by atoms with Gasteiger partial charge in [0.05, 0.1) is 5.92 Å². The second-order valence-electron chi connectivity index (χ2n) is 5.82. The van der Waals surface area contributed by atoms with Crippen molar-refractivity contribution in [2.45, 2.75) is 26.2 Å². The monoisotopic (exact) mass is 266 g/mol. The van der Waals surface area contributed by atoms with Crippen molar-refractivity contribution in [1.29, 1.82) is 0 Å². The van der Waals surface area contributed by atoms with E-state index in [9.17, 15) is 4.79 Å². The average molecular weight is 266 g/mol. The predicted molar refractivity (Wildman–Crippen MR) is 75.9 cm³/mol. The molecule has 0 unspecified atom stereocenters. The summed E-state index contributed by atoms with van der Waals surface area (Å²) in [5.41, 5.74) is 0.0130. The van der Waals surface area contributed by atoms with Crippen molar-refractivity contribution in [2.75, 3.05) is 19.6 Å². The topological polar surface area (TPSA) is 41.1 Å². The minimum Gasteiger partial charge on any atom is -0.355 e. The summed E-state index contributed by atoms with van der Waals surface area (Å²) in [5.74, 6) is 0.760. The Kier molecular flexibility index (Phi) is 4.07. The maximum atomic E-state index is 12.1. The van der Waals surface area contributed by atoms with Crippen LogP contribution in [0.2, 0.25) is 0 Å². The molecule has 1 amide bonds. The number of carbonyl (C=O) groups is 1. The zero-order valence-electron chi connectivity index (χ0n) is 11.3. The predicted octanol–water partition coefficient (Wildman–Crippen LogP) is 2.00. The molecule has 3 nitrogen and oxygen atoms in total. The maximum absolute atomic E-state index is 12.1. The van der Waals surface area contributed by atoms with Crippen LogP contribution in [-0.2, 0) is 10.2 Å². The molecule has 1 aliphatic rings. The fourth-order valence-corrected chi connectivity index (χ4v) is 3.20. The summed E-state index contributed by atoms with van der Waals surface area (Å²) in [7, 11) is 0. The second kappa shape index (κ2) is 5.41. The van der Waals surface area contributed by atoms with Gasteiger partial charge in [0, 0.05) is 23.4 Å². The first-order chi connectivity index (χ1) is 8.50. The Hall–Kier alpha value is -0.870. The SMILES string of the molecule is C[C@@H]1CNC[C@H]1C(=O)NCC(C)(C)c1cccs1. The Morgan fingerprint density at radius 3 is 2.89 bits per heavy atom. The Bertz CT molecular complexity index is 400. The third-order valence-electron chi connectivity index (χ3n) is 3.75. The molecule has 1 aromatic rings. The van der Waals surface area contributed by atoms with Gasteiger partial charge < -0.3 is 10.6 Å². The standard InChI is InChI=1S/C14H22N2OS/c1-10-7-15-8-11(10)13(17)16-9-14(2,3)12-5-4-6-18-12/h4-6,10-11,15H,7-9H2,1-3H3,(H,16,17)/t10-,11-/m1/s1. The molecule has 0 spiro atoms. The van der Waals surface area contributed by atoms with Gasteiger partial charge in [-0.05, 0) is 23.9 Å². The molecule has 2 atom stereocenters. The van der Waals surface area contributed by atoms with Crippen LogP contribution in [0.25, 0.3) is 0 Å². The largest absolute Gasteiger partial charge is 0.355 e. The zero-order chi connectivity index (χ0) is 13.2. The highest BCUT2D eigenvalue weighted by Crippen LogP contribution is 2.27. The summed E-state index contributed by atoms with van der Waals surface area (Å²) in [4.78, 5) is 13.4. The average Bonchev–Trinajstić information content (AvgIpc) is 2.96. The van der Waals surface area contributed by atoms with Gasteiger partial charge in [0.1, 0.15) is 0 Å². The molecule has 0 aromatic carbocycles. The van der Waals surface area contributed by atoms with Crippen LogP contribution < -0.4 is 10.6 Å². The molecule has 18 heavy (non-hydrogen) atoms. The van der Waals surface area contributed by atoms with Crippen LogP contribution in [0.5, 0.6) is 0 Å². The lowest BCUT2D eigenvalue weighted by molar-refractivity contribution is -0.125. The van der Waals surface area contributed by atoms with Gasteiger partial charge in [0.2, 0.25) is 5.91 Å². The van der Waals surface area contributed by atoms with E-state index in [0.29, 0.717) is 12.5 Å². The molecular weight excluding hydrogens is 244 g/mol. The van der Waals surface area contributed by atoms with Gasteiger partial charge in [-0.1, -0.05) is 26.8 Å². The smallest absolute Gasteiger partial charge is 0.224 e. The highest BCUT2D eigenvalue weighted by Gasteiger charge is 2.31. The first-order valence-corrected chi connectivity index (χ1v) is 7.41. The van der Waals surface area contributed by atoms with Gasteiger partial charge in [0.15, 0.2) is 0 Å². The number of carbonyl (C=O) groups excluding carboxylic acids is 1. The van der Waals surface area contributed by atoms with E-state index >= 15 is 0 Å². The maximum Gasteiger partial charge on any atom is 0.224 e. The summed E-state index contributed by atoms with van der Waals surface area (Å²) < 4.78 is 0. The lowest BCUT2D eigenvalue weighted by Crippen LogP contribution is -2.41. The molecule has 1 aliphatic heterocycles. The number of nitrogens with one attached hydrogen (secondary N) is 2. The first kappa shape index (κ1) is 13.6. The van der Waals surface area contributed by atoms with E-state index in [1.54, 1.807) is 11.3 Å². The Morgan fingerprint density at radius 1 is 1.56 bits per heavy atom. The molecule has 2 N–H and O–H groups in total. The second-order valence-corrected chi connectivity index (χ2v) is 6.77. The third kappa shape index (κ3) is 2.93. The molecule has 4 heteroatoms. The van der Waals surface area contributed by atoms with Gasteiger partial charge in [0.25, 0.3) is 0 Å². The van der Waals surface area contributed by atoms with Crippen LogP contribution in [0.3, 0.4) is 0 Å². The van der Waals surface area contributed by atoms with Gasteiger partial charge in [-0.25, -0.2) is 0 Å². The molecule has 100 valence electrons. The molecule has 0 saturated carbocycles. The van der Waals surface area contributed by atoms with E-state index in [0.717, 1.165) is 13.1 Å². The molecule has 2 heterocycles. The molecule has 1 aromatic heterocycles. The molecule has 0 radical (unpaired) electrons. The van der Waals surface area contributed by atoms with Crippen molar-refractivity contribution in [2.24, 2.45) is 11.8 Å². The molecule has 0 bridgehead atoms. The number of thiophene rings is 1. The van der Waals surface area contributed by atoms with E-state index in [1.165, 1.54) is 4.88 Å². The van der Waals surface area contributed by atoms with Crippen molar-refractivity contribution >= 4 is 17.2 Å². The lowest BCUT2D eigenvalue weighted by Gasteiger charge is -2.25. The van der Waals surface area contributed by atoms with E-state index in [1.807, 2.05) is 0 Å². The normalized spacial score (nSPS) is 24.2. The molecule has 1 fully saturated rings. The van der Waals surface area contributed by atoms with Crippen LogP contribution in [0, 0.1) is 11.8 Å². The minimum atomic E-state index is 0.0130. The summed E-state index contributed by atoms with van der Waals surface area (Å²) >= 11 is 1.75. The van der Waals surface area contributed by atoms with Crippen LogP contribution in [-0.4, -0.2) is 25.5 Å². The summed E-state index contributed by atoms with van der Waals surface area (Å²) in [5, 5.41) is 8.47.